The van der Waals surface area contributed by atoms with Gasteiger partial charge in [0.05, 0.1) is 19.7 Å². The van der Waals surface area contributed by atoms with Gasteiger partial charge in [-0.3, -0.25) is 0 Å². The second kappa shape index (κ2) is 11.7. The zero-order chi connectivity index (χ0) is 22.5. The first-order chi connectivity index (χ1) is 14.0. The molecule has 30 heavy (non-hydrogen) atoms. The fraction of sp³-hybridized carbons (Fsp3) is 0.867. The summed E-state index contributed by atoms with van der Waals surface area (Å²) in [5, 5.41) is 12.4. The van der Waals surface area contributed by atoms with E-state index in [-0.39, 0.29) is 44.0 Å². The lowest BCUT2D eigenvalue weighted by Crippen LogP contribution is -2.55. The average Bonchev–Trinajstić information content (AvgIpc) is 2.94. The second-order valence-electron chi connectivity index (χ2n) is 8.91. The topological polar surface area (TPSA) is 38.7 Å². The molecule has 2 saturated carbocycles. The summed E-state index contributed by atoms with van der Waals surface area (Å²) in [6.45, 7) is 6.35. The maximum Gasteiger partial charge on any atom is 0.100 e. The summed E-state index contributed by atoms with van der Waals surface area (Å²) in [5.41, 5.74) is 0.267. The van der Waals surface area contributed by atoms with Crippen molar-refractivity contribution in [1.82, 2.24) is 0 Å². The van der Waals surface area contributed by atoms with Crippen molar-refractivity contribution in [3.8, 4) is 0 Å². The molecular weight excluding hydrogens is 600 g/mol. The van der Waals surface area contributed by atoms with Gasteiger partial charge in [-0.05, 0) is 57.9 Å². The summed E-state index contributed by atoms with van der Waals surface area (Å²) in [7, 11) is 18.6. The Kier molecular flexibility index (Phi) is 11.4. The Balaban J connectivity index is 2.07. The van der Waals surface area contributed by atoms with E-state index in [0.29, 0.717) is 14.4 Å². The summed E-state index contributed by atoms with van der Waals surface area (Å²) < 4.78 is 13.5. The van der Waals surface area contributed by atoms with Crippen LogP contribution < -0.4 is 0 Å². The van der Waals surface area contributed by atoms with Crippen molar-refractivity contribution in [2.75, 3.05) is 0 Å². The van der Waals surface area contributed by atoms with Gasteiger partial charge in [0, 0.05) is 20.9 Å². The predicted octanol–water partition coefficient (Wildman–Crippen LogP) is 9.18. The number of hydrogen-bond donors (Lipinski definition) is 1. The maximum atomic E-state index is 12.4. The van der Waals surface area contributed by atoms with Crippen LogP contribution in [0.3, 0.4) is 0 Å². The normalized spacial score (nSPS) is 40.5. The van der Waals surface area contributed by atoms with E-state index in [1.807, 2.05) is 0 Å². The highest BCUT2D eigenvalue weighted by Crippen LogP contribution is 3.09. The second-order valence-corrected chi connectivity index (χ2v) is 44.6. The van der Waals surface area contributed by atoms with Crippen LogP contribution in [0, 0.1) is 16.7 Å². The van der Waals surface area contributed by atoms with Crippen LogP contribution in [0.25, 0.3) is 0 Å². The molecule has 1 N–H and O–H groups in total. The van der Waals surface area contributed by atoms with Gasteiger partial charge in [0.25, 0.3) is 0 Å². The molecule has 15 unspecified atom stereocenters. The molecule has 15 heteroatoms. The summed E-state index contributed by atoms with van der Waals surface area (Å²) in [6.07, 6.45) is 6.03. The molecule has 0 aliphatic heterocycles. The van der Waals surface area contributed by atoms with Crippen LogP contribution in [0.4, 0.5) is 0 Å². The minimum atomic E-state index is -0.810. The van der Waals surface area contributed by atoms with E-state index >= 15 is 0 Å². The molecule has 15 atom stereocenters. The van der Waals surface area contributed by atoms with Gasteiger partial charge in [0.15, 0.2) is 0 Å². The molecule has 2 bridgehead atoms. The molecule has 2 fully saturated rings. The van der Waals surface area contributed by atoms with E-state index in [2.05, 4.69) is 80.4 Å². The van der Waals surface area contributed by atoms with E-state index in [9.17, 15) is 5.11 Å². The van der Waals surface area contributed by atoms with E-state index in [0.717, 1.165) is 33.6 Å². The van der Waals surface area contributed by atoms with Crippen molar-refractivity contribution in [3.05, 3.63) is 11.6 Å². The molecule has 3 aliphatic rings. The molecule has 174 valence electrons. The van der Waals surface area contributed by atoms with E-state index in [1.165, 1.54) is 5.57 Å². The standard InChI is InChI=1S/C15H36O3P12/c1-9-4-5-10-12(17-25-19)15(16)7-6-11(14(15,8-9)13(10,2)3)18-27(28(21)22)30(26-20)29(23)24/h4,10-12,16,25-26H,5-8,19-24H2,1-3H3. The Morgan fingerprint density at radius 3 is 2.37 bits per heavy atom. The molecule has 0 aromatic carbocycles. The highest BCUT2D eigenvalue weighted by atomic mass is 33.1. The Bertz CT molecular complexity index is 663. The predicted molar refractivity (Wildman–Crippen MR) is 169 cm³/mol. The van der Waals surface area contributed by atoms with Crippen molar-refractivity contribution in [2.24, 2.45) is 16.7 Å². The maximum absolute atomic E-state index is 12.4. The van der Waals surface area contributed by atoms with Crippen LogP contribution in [0.2, 0.25) is 0 Å². The lowest BCUT2D eigenvalue weighted by atomic mass is 9.58. The summed E-state index contributed by atoms with van der Waals surface area (Å²) in [5.74, 6) is 0.324. The van der Waals surface area contributed by atoms with Crippen molar-refractivity contribution in [1.29, 1.82) is 0 Å². The molecule has 3 nitrogen and oxygen atoms in total. The minimum absolute atomic E-state index is 0.0453. The van der Waals surface area contributed by atoms with Crippen molar-refractivity contribution in [3.63, 3.8) is 0 Å². The Morgan fingerprint density at radius 2 is 1.83 bits per heavy atom. The van der Waals surface area contributed by atoms with E-state index in [4.69, 9.17) is 9.05 Å². The number of allylic oxidation sites excluding steroid dienone is 2. The Hall–Kier alpha value is 4.78. The highest BCUT2D eigenvalue weighted by molar-refractivity contribution is 9.10. The van der Waals surface area contributed by atoms with Gasteiger partial charge in [0.1, 0.15) is 5.60 Å². The summed E-state index contributed by atoms with van der Waals surface area (Å²) in [6, 6.07) is 0. The third-order valence-electron chi connectivity index (χ3n) is 7.41. The molecule has 0 amide bonds. The molecule has 0 aromatic heterocycles. The van der Waals surface area contributed by atoms with Gasteiger partial charge in [-0.1, -0.05) is 42.4 Å². The van der Waals surface area contributed by atoms with Crippen molar-refractivity contribution >= 4 is 98.5 Å². The van der Waals surface area contributed by atoms with Gasteiger partial charge in [-0.2, -0.15) is 0 Å². The Morgan fingerprint density at radius 1 is 1.17 bits per heavy atom. The number of fused-ring (bicyclic) bond motifs is 1. The zero-order valence-corrected chi connectivity index (χ0v) is 30.2. The van der Waals surface area contributed by atoms with Gasteiger partial charge in [-0.25, -0.2) is 0 Å². The van der Waals surface area contributed by atoms with Crippen molar-refractivity contribution in [2.45, 2.75) is 64.3 Å². The molecule has 0 saturated heterocycles. The molecular formula is C15H36O3P12. The Labute approximate surface area is 204 Å². The van der Waals surface area contributed by atoms with E-state index < -0.39 is 13.1 Å². The van der Waals surface area contributed by atoms with Crippen LogP contribution >= 0.6 is 98.5 Å². The fourth-order valence-electron chi connectivity index (χ4n) is 6.17. The molecule has 0 aromatic rings. The van der Waals surface area contributed by atoms with Crippen LogP contribution in [0.1, 0.15) is 46.5 Å². The van der Waals surface area contributed by atoms with Crippen LogP contribution in [-0.4, -0.2) is 22.9 Å². The summed E-state index contributed by atoms with van der Waals surface area (Å²) >= 11 is 0. The lowest BCUT2D eigenvalue weighted by molar-refractivity contribution is -0.137. The molecule has 0 radical (unpaired) electrons. The third kappa shape index (κ3) is 4.95. The monoisotopic (exact) mass is 636 g/mol. The molecule has 0 heterocycles. The van der Waals surface area contributed by atoms with Gasteiger partial charge >= 0.3 is 0 Å². The molecule has 1 spiro atoms. The largest absolute Gasteiger partial charge is 0.386 e. The zero-order valence-electron chi connectivity index (χ0n) is 17.7. The fourth-order valence-corrected chi connectivity index (χ4v) is 73.4. The van der Waals surface area contributed by atoms with Crippen LogP contribution in [-0.2, 0) is 9.05 Å². The first kappa shape index (κ1) is 29.3. The van der Waals surface area contributed by atoms with Crippen LogP contribution in [0.5, 0.6) is 0 Å². The van der Waals surface area contributed by atoms with Gasteiger partial charge < -0.3 is 14.2 Å². The van der Waals surface area contributed by atoms with Gasteiger partial charge in [-0.15, -0.1) is 44.6 Å². The SMILES string of the molecule is CC1=CCC2C(OPP)C3(O)CCC(OP(P(P)P)P(PP)P(P)P)C3(C1)C2(C)C. The van der Waals surface area contributed by atoms with E-state index in [1.54, 1.807) is 0 Å². The first-order valence-corrected chi connectivity index (χ1v) is 30.0. The molecule has 3 aliphatic carbocycles. The highest BCUT2D eigenvalue weighted by Gasteiger charge is 2.78. The average molecular weight is 636 g/mol. The lowest BCUT2D eigenvalue weighted by Gasteiger charge is -2.51. The first-order valence-electron chi connectivity index (χ1n) is 9.79. The number of hydrogen-bond acceptors (Lipinski definition) is 3. The number of rotatable bonds is 8. The molecule has 3 rings (SSSR count). The van der Waals surface area contributed by atoms with Crippen LogP contribution in [0.15, 0.2) is 11.6 Å². The minimum Gasteiger partial charge on any atom is -0.386 e. The smallest absolute Gasteiger partial charge is 0.100 e. The quantitative estimate of drug-likeness (QED) is 0.214. The third-order valence-corrected chi connectivity index (χ3v) is 55.5. The van der Waals surface area contributed by atoms with Crippen molar-refractivity contribution < 1.29 is 14.2 Å². The summed E-state index contributed by atoms with van der Waals surface area (Å²) in [4.78, 5) is 0. The van der Waals surface area contributed by atoms with Gasteiger partial charge in [0.2, 0.25) is 0 Å². The number of aliphatic hydroxyl groups is 1.